The van der Waals surface area contributed by atoms with E-state index >= 15 is 0 Å². The zero-order valence-electron chi connectivity index (χ0n) is 12.6. The molecule has 0 fully saturated rings. The molecule has 2 heterocycles. The summed E-state index contributed by atoms with van der Waals surface area (Å²) in [5, 5.41) is 10.1. The van der Waals surface area contributed by atoms with Crippen molar-refractivity contribution in [3.05, 3.63) is 58.4 Å². The van der Waals surface area contributed by atoms with Crippen LogP contribution < -0.4 is 5.63 Å². The number of benzene rings is 2. The molecule has 118 valence electrons. The summed E-state index contributed by atoms with van der Waals surface area (Å²) in [5.41, 5.74) is 1.04. The Morgan fingerprint density at radius 1 is 1.08 bits per heavy atom. The minimum Gasteiger partial charge on any atom is -0.508 e. The van der Waals surface area contributed by atoms with Gasteiger partial charge in [0.25, 0.3) is 0 Å². The molecule has 0 bridgehead atoms. The van der Waals surface area contributed by atoms with E-state index in [-0.39, 0.29) is 28.6 Å². The monoisotopic (exact) mass is 321 g/mol. The third kappa shape index (κ3) is 2.16. The average molecular weight is 321 g/mol. The van der Waals surface area contributed by atoms with Crippen LogP contribution >= 0.6 is 0 Å². The van der Waals surface area contributed by atoms with E-state index in [1.807, 2.05) is 0 Å². The van der Waals surface area contributed by atoms with E-state index in [1.165, 1.54) is 19.1 Å². The highest BCUT2D eigenvalue weighted by atomic mass is 16.4. The highest BCUT2D eigenvalue weighted by molar-refractivity contribution is 6.04. The van der Waals surface area contributed by atoms with E-state index in [0.29, 0.717) is 22.0 Å². The van der Waals surface area contributed by atoms with Crippen LogP contribution in [0, 0.1) is 0 Å². The van der Waals surface area contributed by atoms with Crippen LogP contribution in [0.4, 0.5) is 0 Å². The standard InChI is InChI=1S/C18H11NO5/c1-9(20)12-3-2-4-14-16(12)19-17(23-14)13-7-10-5-6-11(21)8-15(10)24-18(13)22/h2-8,21H,1H3. The second-order valence-electron chi connectivity index (χ2n) is 5.40. The SMILES string of the molecule is CC(=O)c1cccc2oc(-c3cc4ccc(O)cc4oc3=O)nc12. The van der Waals surface area contributed by atoms with Crippen molar-refractivity contribution in [2.24, 2.45) is 0 Å². The number of nitrogens with zero attached hydrogens (tertiary/aromatic N) is 1. The van der Waals surface area contributed by atoms with Crippen molar-refractivity contribution in [3.8, 4) is 17.2 Å². The van der Waals surface area contributed by atoms with Crippen molar-refractivity contribution in [1.82, 2.24) is 4.98 Å². The van der Waals surface area contributed by atoms with Crippen LogP contribution in [0.2, 0.25) is 0 Å². The normalized spacial score (nSPS) is 11.2. The minimum absolute atomic E-state index is 0.00589. The Kier molecular flexibility index (Phi) is 2.99. The number of aromatic nitrogens is 1. The predicted octanol–water partition coefficient (Wildman–Crippen LogP) is 3.51. The summed E-state index contributed by atoms with van der Waals surface area (Å²) >= 11 is 0. The summed E-state index contributed by atoms with van der Waals surface area (Å²) in [6.45, 7) is 1.44. The number of hydrogen-bond donors (Lipinski definition) is 1. The largest absolute Gasteiger partial charge is 0.508 e. The Hall–Kier alpha value is -3.41. The fourth-order valence-corrected chi connectivity index (χ4v) is 2.60. The fraction of sp³-hybridized carbons (Fsp3) is 0.0556. The zero-order chi connectivity index (χ0) is 16.8. The predicted molar refractivity (Wildman–Crippen MR) is 87.2 cm³/mol. The van der Waals surface area contributed by atoms with Crippen LogP contribution in [-0.4, -0.2) is 15.9 Å². The number of fused-ring (bicyclic) bond motifs is 2. The van der Waals surface area contributed by atoms with Gasteiger partial charge in [0.15, 0.2) is 11.4 Å². The van der Waals surface area contributed by atoms with Gasteiger partial charge in [0.05, 0.1) is 0 Å². The molecule has 0 aliphatic carbocycles. The highest BCUT2D eigenvalue weighted by Crippen LogP contribution is 2.27. The van der Waals surface area contributed by atoms with Gasteiger partial charge in [-0.3, -0.25) is 4.79 Å². The first kappa shape index (κ1) is 14.2. The Morgan fingerprint density at radius 3 is 2.71 bits per heavy atom. The molecule has 0 amide bonds. The maximum atomic E-state index is 12.2. The maximum absolute atomic E-state index is 12.2. The number of carbonyl (C=O) groups is 1. The second-order valence-corrected chi connectivity index (χ2v) is 5.40. The van der Waals surface area contributed by atoms with Gasteiger partial charge in [0, 0.05) is 17.0 Å². The number of Topliss-reactive ketones (excluding diaryl/α,β-unsaturated/α-hetero) is 1. The lowest BCUT2D eigenvalue weighted by atomic mass is 10.1. The van der Waals surface area contributed by atoms with Gasteiger partial charge in [-0.05, 0) is 37.3 Å². The van der Waals surface area contributed by atoms with Crippen LogP contribution in [0.25, 0.3) is 33.5 Å². The third-order valence-electron chi connectivity index (χ3n) is 3.75. The number of rotatable bonds is 2. The van der Waals surface area contributed by atoms with Gasteiger partial charge in [-0.1, -0.05) is 6.07 Å². The molecule has 0 aliphatic rings. The Balaban J connectivity index is 1.97. The fourth-order valence-electron chi connectivity index (χ4n) is 2.60. The van der Waals surface area contributed by atoms with Gasteiger partial charge in [0.1, 0.15) is 22.4 Å². The average Bonchev–Trinajstić information content (AvgIpc) is 2.97. The van der Waals surface area contributed by atoms with Crippen molar-refractivity contribution in [2.75, 3.05) is 0 Å². The molecule has 2 aromatic heterocycles. The van der Waals surface area contributed by atoms with Gasteiger partial charge in [0.2, 0.25) is 5.89 Å². The molecule has 4 aromatic rings. The molecular weight excluding hydrogens is 310 g/mol. The third-order valence-corrected chi connectivity index (χ3v) is 3.75. The smallest absolute Gasteiger partial charge is 0.349 e. The van der Waals surface area contributed by atoms with E-state index in [2.05, 4.69) is 4.98 Å². The Bertz CT molecular complexity index is 1170. The molecule has 24 heavy (non-hydrogen) atoms. The first-order valence-corrected chi connectivity index (χ1v) is 7.20. The first-order chi connectivity index (χ1) is 11.5. The number of carbonyl (C=O) groups excluding carboxylic acids is 1. The van der Waals surface area contributed by atoms with Crippen molar-refractivity contribution < 1.29 is 18.7 Å². The van der Waals surface area contributed by atoms with Crippen LogP contribution in [-0.2, 0) is 0 Å². The van der Waals surface area contributed by atoms with Crippen LogP contribution in [0.5, 0.6) is 5.75 Å². The van der Waals surface area contributed by atoms with Crippen LogP contribution in [0.1, 0.15) is 17.3 Å². The summed E-state index contributed by atoms with van der Waals surface area (Å²) in [5.74, 6) is -0.0461. The molecule has 0 unspecified atom stereocenters. The molecule has 0 aliphatic heterocycles. The quantitative estimate of drug-likeness (QED) is 0.448. The summed E-state index contributed by atoms with van der Waals surface area (Å²) in [6.07, 6.45) is 0. The topological polar surface area (TPSA) is 93.5 Å². The zero-order valence-corrected chi connectivity index (χ0v) is 12.6. The number of phenols is 1. The minimum atomic E-state index is -0.635. The van der Waals surface area contributed by atoms with E-state index < -0.39 is 5.63 Å². The number of para-hydroxylation sites is 1. The van der Waals surface area contributed by atoms with Gasteiger partial charge in [-0.15, -0.1) is 0 Å². The maximum Gasteiger partial charge on any atom is 0.349 e. The van der Waals surface area contributed by atoms with Gasteiger partial charge >= 0.3 is 5.63 Å². The van der Waals surface area contributed by atoms with Crippen molar-refractivity contribution >= 4 is 27.9 Å². The number of phenolic OH excluding ortho intramolecular Hbond substituents is 1. The van der Waals surface area contributed by atoms with E-state index in [9.17, 15) is 14.7 Å². The molecule has 2 aromatic carbocycles. The van der Waals surface area contributed by atoms with E-state index in [1.54, 1.807) is 30.3 Å². The molecule has 6 nitrogen and oxygen atoms in total. The number of ketones is 1. The lowest BCUT2D eigenvalue weighted by Gasteiger charge is -1.99. The van der Waals surface area contributed by atoms with Crippen molar-refractivity contribution in [3.63, 3.8) is 0 Å². The Morgan fingerprint density at radius 2 is 1.92 bits per heavy atom. The molecular formula is C18H11NO5. The summed E-state index contributed by atoms with van der Waals surface area (Å²) < 4.78 is 10.8. The molecule has 6 heteroatoms. The number of oxazole rings is 1. The number of aromatic hydroxyl groups is 1. The Labute approximate surface area is 135 Å². The van der Waals surface area contributed by atoms with E-state index in [0.717, 1.165) is 0 Å². The second kappa shape index (κ2) is 5.06. The number of hydrogen-bond acceptors (Lipinski definition) is 6. The van der Waals surface area contributed by atoms with E-state index in [4.69, 9.17) is 8.83 Å². The first-order valence-electron chi connectivity index (χ1n) is 7.20. The van der Waals surface area contributed by atoms with Crippen molar-refractivity contribution in [1.29, 1.82) is 0 Å². The van der Waals surface area contributed by atoms with Crippen LogP contribution in [0.3, 0.4) is 0 Å². The summed E-state index contributed by atoms with van der Waals surface area (Å²) in [7, 11) is 0. The molecule has 0 atom stereocenters. The lowest BCUT2D eigenvalue weighted by Crippen LogP contribution is -2.02. The molecule has 0 saturated carbocycles. The van der Waals surface area contributed by atoms with Gasteiger partial charge in [-0.2, -0.15) is 0 Å². The highest BCUT2D eigenvalue weighted by Gasteiger charge is 2.17. The van der Waals surface area contributed by atoms with Gasteiger partial charge in [-0.25, -0.2) is 9.78 Å². The lowest BCUT2D eigenvalue weighted by molar-refractivity contribution is 0.101. The van der Waals surface area contributed by atoms with Gasteiger partial charge < -0.3 is 13.9 Å². The summed E-state index contributed by atoms with van der Waals surface area (Å²) in [6, 6.07) is 11.1. The van der Waals surface area contributed by atoms with Crippen LogP contribution in [0.15, 0.2) is 56.1 Å². The summed E-state index contributed by atoms with van der Waals surface area (Å²) in [4.78, 5) is 28.2. The molecule has 0 spiro atoms. The molecule has 4 rings (SSSR count). The molecule has 0 radical (unpaired) electrons. The molecule has 0 saturated heterocycles. The molecule has 1 N–H and O–H groups in total. The van der Waals surface area contributed by atoms with Crippen molar-refractivity contribution in [2.45, 2.75) is 6.92 Å².